The molecule has 0 saturated carbocycles. The van der Waals surface area contributed by atoms with E-state index in [9.17, 15) is 12.8 Å². The van der Waals surface area contributed by atoms with Crippen molar-refractivity contribution in [1.82, 2.24) is 4.72 Å². The molecular weight excluding hydrogens is 283 g/mol. The van der Waals surface area contributed by atoms with Crippen LogP contribution in [0.3, 0.4) is 0 Å². The van der Waals surface area contributed by atoms with Gasteiger partial charge in [0, 0.05) is 18.0 Å². The van der Waals surface area contributed by atoms with Crippen molar-refractivity contribution in [2.45, 2.75) is 11.3 Å². The first-order chi connectivity index (χ1) is 8.47. The first-order valence-corrected chi connectivity index (χ1v) is 6.79. The fourth-order valence-corrected chi connectivity index (χ4v) is 2.75. The zero-order valence-corrected chi connectivity index (χ0v) is 10.7. The highest BCUT2D eigenvalue weighted by Gasteiger charge is 2.17. The van der Waals surface area contributed by atoms with Crippen molar-refractivity contribution < 1.29 is 12.8 Å². The first-order valence-electron chi connectivity index (χ1n) is 4.93. The molecule has 9 heteroatoms. The summed E-state index contributed by atoms with van der Waals surface area (Å²) in [5, 5.41) is 3.20. The number of hydrogen-bond donors (Lipinski definition) is 1. The number of benzene rings is 1. The Morgan fingerprint density at radius 3 is 2.89 bits per heavy atom. The monoisotopic (exact) mass is 292 g/mol. The van der Waals surface area contributed by atoms with Gasteiger partial charge in [0.15, 0.2) is 0 Å². The van der Waals surface area contributed by atoms with Crippen molar-refractivity contribution in [3.63, 3.8) is 0 Å². The van der Waals surface area contributed by atoms with Crippen molar-refractivity contribution in [3.8, 4) is 0 Å². The molecule has 0 spiro atoms. The molecule has 0 aliphatic heterocycles. The molecule has 0 aromatic heterocycles. The molecule has 98 valence electrons. The van der Waals surface area contributed by atoms with Gasteiger partial charge in [0.25, 0.3) is 0 Å². The van der Waals surface area contributed by atoms with Crippen molar-refractivity contribution in [3.05, 3.63) is 39.5 Å². The summed E-state index contributed by atoms with van der Waals surface area (Å²) < 4.78 is 38.7. The minimum atomic E-state index is -3.86. The summed E-state index contributed by atoms with van der Waals surface area (Å²) in [6.07, 6.45) is 0.343. The van der Waals surface area contributed by atoms with Gasteiger partial charge in [-0.2, -0.15) is 0 Å². The molecule has 18 heavy (non-hydrogen) atoms. The van der Waals surface area contributed by atoms with Gasteiger partial charge in [0.05, 0.1) is 5.02 Å². The molecule has 0 amide bonds. The van der Waals surface area contributed by atoms with E-state index in [0.29, 0.717) is 6.42 Å². The van der Waals surface area contributed by atoms with Gasteiger partial charge in [0.2, 0.25) is 10.0 Å². The number of rotatable bonds is 6. The van der Waals surface area contributed by atoms with Gasteiger partial charge in [-0.1, -0.05) is 16.7 Å². The number of halogens is 2. The van der Waals surface area contributed by atoms with Gasteiger partial charge in [-0.25, -0.2) is 17.5 Å². The molecule has 1 N–H and O–H groups in total. The van der Waals surface area contributed by atoms with Crippen LogP contribution in [-0.4, -0.2) is 21.5 Å². The van der Waals surface area contributed by atoms with Crippen LogP contribution in [0.2, 0.25) is 5.02 Å². The highest BCUT2D eigenvalue weighted by atomic mass is 35.5. The second kappa shape index (κ2) is 6.55. The first kappa shape index (κ1) is 14.7. The van der Waals surface area contributed by atoms with Crippen molar-refractivity contribution >= 4 is 21.6 Å². The predicted octanol–water partition coefficient (Wildman–Crippen LogP) is 2.46. The zero-order chi connectivity index (χ0) is 13.6. The number of nitrogens with one attached hydrogen (secondary N) is 1. The largest absolute Gasteiger partial charge is 0.242 e. The quantitative estimate of drug-likeness (QED) is 0.377. The molecule has 0 heterocycles. The average Bonchev–Trinajstić information content (AvgIpc) is 2.32. The Hall–Kier alpha value is -1.34. The van der Waals surface area contributed by atoms with Crippen molar-refractivity contribution in [2.24, 2.45) is 5.11 Å². The molecule has 1 rings (SSSR count). The van der Waals surface area contributed by atoms with Gasteiger partial charge in [0.1, 0.15) is 10.7 Å². The lowest BCUT2D eigenvalue weighted by Gasteiger charge is -2.07. The molecule has 1 aromatic rings. The molecule has 0 fully saturated rings. The van der Waals surface area contributed by atoms with Crippen LogP contribution in [0.15, 0.2) is 28.2 Å². The van der Waals surface area contributed by atoms with Gasteiger partial charge in [-0.3, -0.25) is 0 Å². The van der Waals surface area contributed by atoms with Gasteiger partial charge < -0.3 is 0 Å². The van der Waals surface area contributed by atoms with Gasteiger partial charge >= 0.3 is 0 Å². The SMILES string of the molecule is [N-]=[N+]=NCCCNS(=O)(=O)c1cc(F)ccc1Cl. The lowest BCUT2D eigenvalue weighted by molar-refractivity contribution is 0.576. The normalized spacial score (nSPS) is 11.0. The summed E-state index contributed by atoms with van der Waals surface area (Å²) in [6, 6.07) is 3.09. The molecule has 0 atom stereocenters. The molecule has 0 aliphatic carbocycles. The van der Waals surface area contributed by atoms with E-state index in [-0.39, 0.29) is 23.0 Å². The van der Waals surface area contributed by atoms with Crippen LogP contribution >= 0.6 is 11.6 Å². The second-order valence-electron chi connectivity index (χ2n) is 3.28. The maximum Gasteiger partial charge on any atom is 0.242 e. The van der Waals surface area contributed by atoms with E-state index in [2.05, 4.69) is 14.7 Å². The molecular formula is C9H10ClFN4O2S. The van der Waals surface area contributed by atoms with E-state index in [1.165, 1.54) is 6.07 Å². The molecule has 6 nitrogen and oxygen atoms in total. The summed E-state index contributed by atoms with van der Waals surface area (Å²) in [5.41, 5.74) is 8.03. The van der Waals surface area contributed by atoms with Crippen LogP contribution in [0.25, 0.3) is 10.4 Å². The van der Waals surface area contributed by atoms with Gasteiger partial charge in [-0.05, 0) is 30.2 Å². The fraction of sp³-hybridized carbons (Fsp3) is 0.333. The van der Waals surface area contributed by atoms with E-state index in [1.54, 1.807) is 0 Å². The summed E-state index contributed by atoms with van der Waals surface area (Å²) in [6.45, 7) is 0.254. The minimum Gasteiger partial charge on any atom is -0.211 e. The third-order valence-corrected chi connectivity index (χ3v) is 3.92. The Labute approximate surface area is 108 Å². The third-order valence-electron chi connectivity index (χ3n) is 1.97. The second-order valence-corrected chi connectivity index (χ2v) is 5.42. The van der Waals surface area contributed by atoms with Crippen molar-refractivity contribution in [2.75, 3.05) is 13.1 Å². The summed E-state index contributed by atoms with van der Waals surface area (Å²) in [7, 11) is -3.86. The Balaban J connectivity index is 2.74. The minimum absolute atomic E-state index is 0.0565. The molecule has 1 aromatic carbocycles. The lowest BCUT2D eigenvalue weighted by Crippen LogP contribution is -2.25. The average molecular weight is 293 g/mol. The fourth-order valence-electron chi connectivity index (χ4n) is 1.16. The summed E-state index contributed by atoms with van der Waals surface area (Å²) in [5.74, 6) is -0.686. The van der Waals surface area contributed by atoms with Crippen LogP contribution in [0, 0.1) is 5.82 Å². The van der Waals surface area contributed by atoms with E-state index >= 15 is 0 Å². The Bertz CT molecular complexity index is 572. The highest BCUT2D eigenvalue weighted by Crippen LogP contribution is 2.21. The van der Waals surface area contributed by atoms with Crippen LogP contribution in [-0.2, 0) is 10.0 Å². The lowest BCUT2D eigenvalue weighted by atomic mass is 10.3. The summed E-state index contributed by atoms with van der Waals surface area (Å²) >= 11 is 5.69. The number of azide groups is 1. The maximum atomic E-state index is 13.0. The molecule has 0 aliphatic rings. The predicted molar refractivity (Wildman–Crippen MR) is 65.2 cm³/mol. The van der Waals surface area contributed by atoms with Crippen LogP contribution in [0.1, 0.15) is 6.42 Å². The van der Waals surface area contributed by atoms with E-state index in [0.717, 1.165) is 12.1 Å². The van der Waals surface area contributed by atoms with E-state index in [4.69, 9.17) is 17.1 Å². The Kier molecular flexibility index (Phi) is 5.36. The van der Waals surface area contributed by atoms with E-state index < -0.39 is 15.8 Å². The van der Waals surface area contributed by atoms with E-state index in [1.807, 2.05) is 0 Å². The Morgan fingerprint density at radius 1 is 1.50 bits per heavy atom. The highest BCUT2D eigenvalue weighted by molar-refractivity contribution is 7.89. The maximum absolute atomic E-state index is 13.0. The molecule has 0 bridgehead atoms. The number of nitrogens with zero attached hydrogens (tertiary/aromatic N) is 3. The molecule has 0 saturated heterocycles. The van der Waals surface area contributed by atoms with Crippen molar-refractivity contribution in [1.29, 1.82) is 0 Å². The zero-order valence-electron chi connectivity index (χ0n) is 9.18. The molecule has 0 radical (unpaired) electrons. The van der Waals surface area contributed by atoms with Crippen LogP contribution < -0.4 is 4.72 Å². The summed E-state index contributed by atoms with van der Waals surface area (Å²) in [4.78, 5) is 2.22. The molecule has 0 unspecified atom stereocenters. The number of hydrogen-bond acceptors (Lipinski definition) is 3. The Morgan fingerprint density at radius 2 is 2.22 bits per heavy atom. The topological polar surface area (TPSA) is 94.9 Å². The van der Waals surface area contributed by atoms with Crippen LogP contribution in [0.4, 0.5) is 4.39 Å². The van der Waals surface area contributed by atoms with Gasteiger partial charge in [-0.15, -0.1) is 0 Å². The third kappa shape index (κ3) is 4.15. The standard InChI is InChI=1S/C9H10ClFN4O2S/c10-8-3-2-7(11)6-9(8)18(16,17)14-5-1-4-13-15-12/h2-3,6,14H,1,4-5H2. The number of sulfonamides is 1. The smallest absolute Gasteiger partial charge is 0.211 e. The van der Waals surface area contributed by atoms with Crippen LogP contribution in [0.5, 0.6) is 0 Å².